The Balaban J connectivity index is 1.97. The number of aliphatic imine (C=N–C) groups is 1. The van der Waals surface area contributed by atoms with Gasteiger partial charge in [0.1, 0.15) is 5.82 Å². The number of ether oxygens (including phenoxy) is 1. The van der Waals surface area contributed by atoms with Crippen LogP contribution in [0.2, 0.25) is 0 Å². The summed E-state index contributed by atoms with van der Waals surface area (Å²) in [6.07, 6.45) is 0.557. The molecule has 0 heterocycles. The first kappa shape index (κ1) is 18.6. The molecule has 2 aromatic rings. The molecule has 0 aliphatic heterocycles. The van der Waals surface area contributed by atoms with E-state index in [4.69, 9.17) is 4.74 Å². The smallest absolute Gasteiger partial charge is 0.191 e. The number of rotatable bonds is 7. The largest absolute Gasteiger partial charge is 0.504 e. The molecular weight excluding hydrogens is 321 g/mol. The number of benzene rings is 2. The van der Waals surface area contributed by atoms with Crippen molar-refractivity contribution in [2.24, 2.45) is 4.99 Å². The van der Waals surface area contributed by atoms with Crippen LogP contribution in [0.25, 0.3) is 0 Å². The summed E-state index contributed by atoms with van der Waals surface area (Å²) >= 11 is 0. The first-order valence-electron chi connectivity index (χ1n) is 8.26. The van der Waals surface area contributed by atoms with E-state index in [1.165, 1.54) is 13.2 Å². The Morgan fingerprint density at radius 1 is 1.12 bits per heavy atom. The van der Waals surface area contributed by atoms with Crippen molar-refractivity contribution >= 4 is 5.96 Å². The van der Waals surface area contributed by atoms with Crippen LogP contribution in [-0.2, 0) is 13.0 Å². The van der Waals surface area contributed by atoms with Crippen molar-refractivity contribution in [2.45, 2.75) is 19.9 Å². The Kier molecular flexibility index (Phi) is 7.07. The molecule has 0 fully saturated rings. The summed E-state index contributed by atoms with van der Waals surface area (Å²) in [4.78, 5) is 4.46. The summed E-state index contributed by atoms with van der Waals surface area (Å²) in [6.45, 7) is 3.53. The van der Waals surface area contributed by atoms with E-state index in [9.17, 15) is 9.50 Å². The van der Waals surface area contributed by atoms with Gasteiger partial charge in [-0.05, 0) is 31.0 Å². The third kappa shape index (κ3) is 5.38. The predicted octanol–water partition coefficient (Wildman–Crippen LogP) is 2.84. The second-order valence-corrected chi connectivity index (χ2v) is 5.43. The Labute approximate surface area is 147 Å². The van der Waals surface area contributed by atoms with E-state index in [1.807, 2.05) is 19.1 Å². The van der Waals surface area contributed by atoms with Crippen LogP contribution >= 0.6 is 0 Å². The number of nitrogens with one attached hydrogen (secondary N) is 2. The molecule has 25 heavy (non-hydrogen) atoms. The fourth-order valence-electron chi connectivity index (χ4n) is 2.38. The SMILES string of the molecule is CCNC(=NCc1cccc(OC)c1O)NCCc1ccccc1F. The number of hydrogen-bond acceptors (Lipinski definition) is 3. The number of halogens is 1. The number of para-hydroxylation sites is 1. The molecule has 134 valence electrons. The number of phenolic OH excluding ortho intramolecular Hbond substituents is 1. The molecule has 0 spiro atoms. The molecule has 0 aromatic heterocycles. The third-order valence-electron chi connectivity index (χ3n) is 3.70. The lowest BCUT2D eigenvalue weighted by molar-refractivity contribution is 0.370. The molecule has 2 rings (SSSR count). The number of phenols is 1. The second-order valence-electron chi connectivity index (χ2n) is 5.43. The van der Waals surface area contributed by atoms with Crippen LogP contribution in [0.15, 0.2) is 47.5 Å². The zero-order valence-electron chi connectivity index (χ0n) is 14.6. The molecule has 0 aliphatic rings. The maximum absolute atomic E-state index is 13.6. The highest BCUT2D eigenvalue weighted by atomic mass is 19.1. The summed E-state index contributed by atoms with van der Waals surface area (Å²) in [5.41, 5.74) is 1.34. The van der Waals surface area contributed by atoms with Gasteiger partial charge >= 0.3 is 0 Å². The molecule has 5 nitrogen and oxygen atoms in total. The van der Waals surface area contributed by atoms with E-state index in [0.29, 0.717) is 48.9 Å². The summed E-state index contributed by atoms with van der Waals surface area (Å²) in [5, 5.41) is 16.4. The fourth-order valence-corrected chi connectivity index (χ4v) is 2.38. The van der Waals surface area contributed by atoms with E-state index in [0.717, 1.165) is 0 Å². The molecule has 0 atom stereocenters. The number of aromatic hydroxyl groups is 1. The van der Waals surface area contributed by atoms with Crippen LogP contribution in [0.1, 0.15) is 18.1 Å². The summed E-state index contributed by atoms with van der Waals surface area (Å²) < 4.78 is 18.7. The van der Waals surface area contributed by atoms with Crippen LogP contribution in [0.3, 0.4) is 0 Å². The van der Waals surface area contributed by atoms with Gasteiger partial charge in [-0.3, -0.25) is 0 Å². The van der Waals surface area contributed by atoms with E-state index in [1.54, 1.807) is 24.3 Å². The number of guanidine groups is 1. The van der Waals surface area contributed by atoms with E-state index >= 15 is 0 Å². The minimum absolute atomic E-state index is 0.0935. The molecule has 0 amide bonds. The molecule has 2 aromatic carbocycles. The highest BCUT2D eigenvalue weighted by molar-refractivity contribution is 5.79. The van der Waals surface area contributed by atoms with Crippen molar-refractivity contribution in [1.29, 1.82) is 0 Å². The minimum Gasteiger partial charge on any atom is -0.504 e. The maximum atomic E-state index is 13.6. The Bertz CT molecular complexity index is 720. The molecule has 0 unspecified atom stereocenters. The Morgan fingerprint density at radius 3 is 2.60 bits per heavy atom. The normalized spacial score (nSPS) is 11.2. The highest BCUT2D eigenvalue weighted by Crippen LogP contribution is 2.29. The summed E-state index contributed by atoms with van der Waals surface area (Å²) in [5.74, 6) is 0.926. The zero-order valence-corrected chi connectivity index (χ0v) is 14.6. The molecule has 3 N–H and O–H groups in total. The quantitative estimate of drug-likeness (QED) is 0.533. The number of hydrogen-bond donors (Lipinski definition) is 3. The first-order valence-corrected chi connectivity index (χ1v) is 8.26. The first-order chi connectivity index (χ1) is 12.2. The topological polar surface area (TPSA) is 65.9 Å². The second kappa shape index (κ2) is 9.52. The molecule has 0 aliphatic carbocycles. The van der Waals surface area contributed by atoms with Gasteiger partial charge in [0.2, 0.25) is 0 Å². The molecule has 0 radical (unpaired) electrons. The lowest BCUT2D eigenvalue weighted by Gasteiger charge is -2.12. The highest BCUT2D eigenvalue weighted by Gasteiger charge is 2.07. The van der Waals surface area contributed by atoms with Crippen molar-refractivity contribution in [3.8, 4) is 11.5 Å². The number of methoxy groups -OCH3 is 1. The van der Waals surface area contributed by atoms with Gasteiger partial charge in [-0.25, -0.2) is 9.38 Å². The van der Waals surface area contributed by atoms with Crippen LogP contribution in [0.4, 0.5) is 4.39 Å². The number of nitrogens with zero attached hydrogens (tertiary/aromatic N) is 1. The van der Waals surface area contributed by atoms with Crippen LogP contribution < -0.4 is 15.4 Å². The van der Waals surface area contributed by atoms with Gasteiger partial charge in [-0.1, -0.05) is 30.3 Å². The Morgan fingerprint density at radius 2 is 1.88 bits per heavy atom. The van der Waals surface area contributed by atoms with Crippen molar-refractivity contribution in [3.63, 3.8) is 0 Å². The Hall–Kier alpha value is -2.76. The van der Waals surface area contributed by atoms with Crippen LogP contribution in [0, 0.1) is 5.82 Å². The van der Waals surface area contributed by atoms with Gasteiger partial charge in [-0.2, -0.15) is 0 Å². The maximum Gasteiger partial charge on any atom is 0.191 e. The van der Waals surface area contributed by atoms with Gasteiger partial charge in [0, 0.05) is 18.7 Å². The van der Waals surface area contributed by atoms with E-state index in [-0.39, 0.29) is 11.6 Å². The monoisotopic (exact) mass is 345 g/mol. The van der Waals surface area contributed by atoms with Crippen LogP contribution in [-0.4, -0.2) is 31.3 Å². The molecule has 0 bridgehead atoms. The van der Waals surface area contributed by atoms with Crippen molar-refractivity contribution in [1.82, 2.24) is 10.6 Å². The van der Waals surface area contributed by atoms with E-state index < -0.39 is 0 Å². The van der Waals surface area contributed by atoms with Crippen molar-refractivity contribution < 1.29 is 14.2 Å². The minimum atomic E-state index is -0.201. The molecule has 0 saturated heterocycles. The summed E-state index contributed by atoms with van der Waals surface area (Å²) in [7, 11) is 1.51. The fraction of sp³-hybridized carbons (Fsp3) is 0.316. The van der Waals surface area contributed by atoms with Crippen molar-refractivity contribution in [2.75, 3.05) is 20.2 Å². The van der Waals surface area contributed by atoms with Crippen LogP contribution in [0.5, 0.6) is 11.5 Å². The van der Waals surface area contributed by atoms with E-state index in [2.05, 4.69) is 15.6 Å². The lowest BCUT2D eigenvalue weighted by Crippen LogP contribution is -2.38. The van der Waals surface area contributed by atoms with Crippen molar-refractivity contribution in [3.05, 3.63) is 59.4 Å². The average Bonchev–Trinajstić information content (AvgIpc) is 2.62. The molecular formula is C19H24FN3O2. The van der Waals surface area contributed by atoms with Gasteiger partial charge in [0.15, 0.2) is 17.5 Å². The third-order valence-corrected chi connectivity index (χ3v) is 3.70. The lowest BCUT2D eigenvalue weighted by atomic mass is 10.1. The molecule has 6 heteroatoms. The van der Waals surface area contributed by atoms with Gasteiger partial charge in [-0.15, -0.1) is 0 Å². The summed E-state index contributed by atoms with van der Waals surface area (Å²) in [6, 6.07) is 12.0. The standard InChI is InChI=1S/C19H24FN3O2/c1-3-21-19(22-12-11-14-7-4-5-9-16(14)20)23-13-15-8-6-10-17(25-2)18(15)24/h4-10,24H,3,11-13H2,1-2H3,(H2,21,22,23). The predicted molar refractivity (Wildman–Crippen MR) is 97.6 cm³/mol. The molecule has 0 saturated carbocycles. The van der Waals surface area contributed by atoms with Gasteiger partial charge in [0.25, 0.3) is 0 Å². The average molecular weight is 345 g/mol. The van der Waals surface area contributed by atoms with Gasteiger partial charge < -0.3 is 20.5 Å². The zero-order chi connectivity index (χ0) is 18.1. The van der Waals surface area contributed by atoms with Gasteiger partial charge in [0.05, 0.1) is 13.7 Å².